The third-order valence-electron chi connectivity index (χ3n) is 3.46. The average molecular weight is 375 g/mol. The first-order valence-electron chi connectivity index (χ1n) is 8.14. The van der Waals surface area contributed by atoms with Crippen molar-refractivity contribution in [3.63, 3.8) is 0 Å². The molecule has 5 nitrogen and oxygen atoms in total. The molecule has 0 fully saturated rings. The molecule has 7 heteroatoms. The van der Waals surface area contributed by atoms with Crippen molar-refractivity contribution in [1.82, 2.24) is 0 Å². The molecule has 2 aromatic carbocycles. The van der Waals surface area contributed by atoms with E-state index in [1.165, 1.54) is 37.3 Å². The Labute approximate surface area is 155 Å². The number of anilines is 1. The summed E-state index contributed by atoms with van der Waals surface area (Å²) in [6, 6.07) is 13.0. The van der Waals surface area contributed by atoms with E-state index in [1.54, 1.807) is 12.1 Å². The minimum atomic E-state index is -2.89. The summed E-state index contributed by atoms with van der Waals surface area (Å²) in [6.07, 6.45) is 1.61. The van der Waals surface area contributed by atoms with Crippen LogP contribution >= 0.6 is 0 Å². The van der Waals surface area contributed by atoms with Crippen LogP contribution in [0.3, 0.4) is 0 Å². The lowest BCUT2D eigenvalue weighted by Crippen LogP contribution is -2.29. The largest absolute Gasteiger partial charge is 0.449 e. The highest BCUT2D eigenvalue weighted by atomic mass is 19.3. The molecule has 0 aromatic heterocycles. The second kappa shape index (κ2) is 9.47. The standard InChI is InChI=1S/C20H19F2NO4/c1-13-4-3-5-16(12-13)23-19(25)14(2)26-18(24)11-8-15-6-9-17(10-7-15)27-20(21)22/h3-12,14,20H,1-2H3,(H,23,25)/b11-8+/t14-/m0/s1. The highest BCUT2D eigenvalue weighted by Crippen LogP contribution is 2.16. The molecule has 0 heterocycles. The fourth-order valence-corrected chi connectivity index (χ4v) is 2.16. The molecule has 0 saturated heterocycles. The Kier molecular flexibility index (Phi) is 7.05. The average Bonchev–Trinajstić information content (AvgIpc) is 2.60. The van der Waals surface area contributed by atoms with Crippen LogP contribution in [0.5, 0.6) is 5.75 Å². The van der Waals surface area contributed by atoms with Crippen LogP contribution in [-0.4, -0.2) is 24.6 Å². The summed E-state index contributed by atoms with van der Waals surface area (Å²) in [5, 5.41) is 2.67. The molecule has 1 amide bonds. The van der Waals surface area contributed by atoms with Gasteiger partial charge < -0.3 is 14.8 Å². The van der Waals surface area contributed by atoms with Gasteiger partial charge in [-0.1, -0.05) is 24.3 Å². The summed E-state index contributed by atoms with van der Waals surface area (Å²) in [6.45, 7) is 0.470. The van der Waals surface area contributed by atoms with Gasteiger partial charge in [0.25, 0.3) is 5.91 Å². The van der Waals surface area contributed by atoms with Crippen molar-refractivity contribution in [2.75, 3.05) is 5.32 Å². The minimum Gasteiger partial charge on any atom is -0.449 e. The van der Waals surface area contributed by atoms with Crippen molar-refractivity contribution in [2.45, 2.75) is 26.6 Å². The lowest BCUT2D eigenvalue weighted by atomic mass is 10.2. The molecule has 0 radical (unpaired) electrons. The summed E-state index contributed by atoms with van der Waals surface area (Å²) in [7, 11) is 0. The van der Waals surface area contributed by atoms with Crippen LogP contribution in [0.1, 0.15) is 18.1 Å². The number of aryl methyl sites for hydroxylation is 1. The maximum Gasteiger partial charge on any atom is 0.387 e. The number of hydrogen-bond donors (Lipinski definition) is 1. The van der Waals surface area contributed by atoms with Gasteiger partial charge >= 0.3 is 12.6 Å². The van der Waals surface area contributed by atoms with Gasteiger partial charge in [-0.25, -0.2) is 4.79 Å². The molecule has 0 spiro atoms. The predicted octanol–water partition coefficient (Wildman–Crippen LogP) is 4.18. The summed E-state index contributed by atoms with van der Waals surface area (Å²) < 4.78 is 33.5. The zero-order chi connectivity index (χ0) is 19.8. The van der Waals surface area contributed by atoms with E-state index < -0.39 is 24.6 Å². The van der Waals surface area contributed by atoms with E-state index in [0.717, 1.165) is 11.6 Å². The van der Waals surface area contributed by atoms with Crippen LogP contribution in [0.2, 0.25) is 0 Å². The first kappa shape index (κ1) is 20.1. The number of amides is 1. The number of benzene rings is 2. The molecule has 0 bridgehead atoms. The van der Waals surface area contributed by atoms with Crippen LogP contribution in [0.4, 0.5) is 14.5 Å². The molecule has 0 aliphatic carbocycles. The SMILES string of the molecule is Cc1cccc(NC(=O)[C@H](C)OC(=O)/C=C/c2ccc(OC(F)F)cc2)c1. The molecule has 1 N–H and O–H groups in total. The Hall–Kier alpha value is -3.22. The van der Waals surface area contributed by atoms with E-state index >= 15 is 0 Å². The molecule has 27 heavy (non-hydrogen) atoms. The van der Waals surface area contributed by atoms with E-state index in [0.29, 0.717) is 11.3 Å². The van der Waals surface area contributed by atoms with Crippen molar-refractivity contribution < 1.29 is 27.8 Å². The Morgan fingerprint density at radius 3 is 2.44 bits per heavy atom. The van der Waals surface area contributed by atoms with Crippen LogP contribution in [0, 0.1) is 6.92 Å². The number of carbonyl (C=O) groups is 2. The van der Waals surface area contributed by atoms with Gasteiger partial charge in [0.1, 0.15) is 5.75 Å². The van der Waals surface area contributed by atoms with E-state index in [1.807, 2.05) is 19.1 Å². The monoisotopic (exact) mass is 375 g/mol. The van der Waals surface area contributed by atoms with Gasteiger partial charge in [-0.05, 0) is 55.3 Å². The lowest BCUT2D eigenvalue weighted by molar-refractivity contribution is -0.148. The third kappa shape index (κ3) is 6.89. The summed E-state index contributed by atoms with van der Waals surface area (Å²) >= 11 is 0. The zero-order valence-electron chi connectivity index (χ0n) is 14.8. The molecular formula is C20H19F2NO4. The highest BCUT2D eigenvalue weighted by molar-refractivity contribution is 5.96. The maximum atomic E-state index is 12.1. The number of nitrogens with one attached hydrogen (secondary N) is 1. The molecule has 0 unspecified atom stereocenters. The zero-order valence-corrected chi connectivity index (χ0v) is 14.8. The van der Waals surface area contributed by atoms with Gasteiger partial charge in [0.15, 0.2) is 6.10 Å². The van der Waals surface area contributed by atoms with Crippen molar-refractivity contribution >= 4 is 23.6 Å². The number of hydrogen-bond acceptors (Lipinski definition) is 4. The van der Waals surface area contributed by atoms with E-state index in [9.17, 15) is 18.4 Å². The molecule has 1 atom stereocenters. The quantitative estimate of drug-likeness (QED) is 0.582. The second-order valence-electron chi connectivity index (χ2n) is 5.72. The topological polar surface area (TPSA) is 64.6 Å². The summed E-state index contributed by atoms with van der Waals surface area (Å²) in [4.78, 5) is 23.9. The normalized spacial score (nSPS) is 12.0. The molecule has 0 aliphatic heterocycles. The number of esters is 1. The Morgan fingerprint density at radius 2 is 1.81 bits per heavy atom. The first-order valence-corrected chi connectivity index (χ1v) is 8.14. The summed E-state index contributed by atoms with van der Waals surface area (Å²) in [5.41, 5.74) is 2.19. The van der Waals surface area contributed by atoms with Gasteiger partial charge in [-0.15, -0.1) is 0 Å². The van der Waals surface area contributed by atoms with Crippen LogP contribution in [0.15, 0.2) is 54.6 Å². The Balaban J connectivity index is 1.86. The number of alkyl halides is 2. The molecular weight excluding hydrogens is 356 g/mol. The highest BCUT2D eigenvalue weighted by Gasteiger charge is 2.16. The van der Waals surface area contributed by atoms with Crippen LogP contribution < -0.4 is 10.1 Å². The minimum absolute atomic E-state index is 0.0196. The second-order valence-corrected chi connectivity index (χ2v) is 5.72. The molecule has 142 valence electrons. The van der Waals surface area contributed by atoms with E-state index in [4.69, 9.17) is 4.74 Å². The molecule has 2 rings (SSSR count). The molecule has 0 saturated carbocycles. The van der Waals surface area contributed by atoms with Crippen molar-refractivity contribution in [3.05, 3.63) is 65.7 Å². The number of rotatable bonds is 7. The van der Waals surface area contributed by atoms with Crippen molar-refractivity contribution in [3.8, 4) is 5.75 Å². The van der Waals surface area contributed by atoms with Gasteiger partial charge in [0.2, 0.25) is 0 Å². The van der Waals surface area contributed by atoms with Gasteiger partial charge in [-0.2, -0.15) is 8.78 Å². The number of halogens is 2. The number of ether oxygens (including phenoxy) is 2. The third-order valence-corrected chi connectivity index (χ3v) is 3.46. The number of carbonyl (C=O) groups excluding carboxylic acids is 2. The van der Waals surface area contributed by atoms with Crippen LogP contribution in [0.25, 0.3) is 6.08 Å². The fraction of sp³-hybridized carbons (Fsp3) is 0.200. The van der Waals surface area contributed by atoms with Gasteiger partial charge in [0.05, 0.1) is 0 Å². The predicted molar refractivity (Wildman–Crippen MR) is 97.5 cm³/mol. The van der Waals surface area contributed by atoms with E-state index in [2.05, 4.69) is 10.1 Å². The molecule has 2 aromatic rings. The smallest absolute Gasteiger partial charge is 0.387 e. The van der Waals surface area contributed by atoms with E-state index in [-0.39, 0.29) is 5.75 Å². The van der Waals surface area contributed by atoms with Crippen molar-refractivity contribution in [1.29, 1.82) is 0 Å². The Bertz CT molecular complexity index is 819. The Morgan fingerprint density at radius 1 is 1.11 bits per heavy atom. The lowest BCUT2D eigenvalue weighted by Gasteiger charge is -2.12. The van der Waals surface area contributed by atoms with Gasteiger partial charge in [0, 0.05) is 11.8 Å². The van der Waals surface area contributed by atoms with Gasteiger partial charge in [-0.3, -0.25) is 4.79 Å². The van der Waals surface area contributed by atoms with Crippen molar-refractivity contribution in [2.24, 2.45) is 0 Å². The maximum absolute atomic E-state index is 12.1. The summed E-state index contributed by atoms with van der Waals surface area (Å²) in [5.74, 6) is -1.13. The molecule has 0 aliphatic rings. The fourth-order valence-electron chi connectivity index (χ4n) is 2.16. The van der Waals surface area contributed by atoms with Crippen LogP contribution in [-0.2, 0) is 14.3 Å². The first-order chi connectivity index (χ1) is 12.8.